The van der Waals surface area contributed by atoms with Crippen LogP contribution < -0.4 is 16.4 Å². The SMILES string of the molecule is CCCc1nc2c([nH]1)c(N)nc1ccc(NCCCCNC(C)(C)CCC(C)(C)C(C)C(C)(C)CC)cc12. The highest BCUT2D eigenvalue weighted by Gasteiger charge is 2.37. The number of aryl methyl sites for hydroxylation is 1. The molecule has 1 atom stereocenters. The summed E-state index contributed by atoms with van der Waals surface area (Å²) in [5.74, 6) is 2.18. The molecule has 3 rings (SSSR count). The van der Waals surface area contributed by atoms with E-state index in [1.807, 2.05) is 6.07 Å². The highest BCUT2D eigenvalue weighted by molar-refractivity contribution is 6.07. The highest BCUT2D eigenvalue weighted by Crippen LogP contribution is 2.45. The highest BCUT2D eigenvalue weighted by atomic mass is 15.0. The Labute approximate surface area is 231 Å². The molecule has 0 bridgehead atoms. The second-order valence-corrected chi connectivity index (χ2v) is 13.4. The summed E-state index contributed by atoms with van der Waals surface area (Å²) in [6, 6.07) is 6.28. The van der Waals surface area contributed by atoms with Crippen molar-refractivity contribution in [3.05, 3.63) is 24.0 Å². The predicted molar refractivity (Wildman–Crippen MR) is 166 cm³/mol. The lowest BCUT2D eigenvalue weighted by Crippen LogP contribution is -2.42. The summed E-state index contributed by atoms with van der Waals surface area (Å²) in [5.41, 5.74) is 10.8. The van der Waals surface area contributed by atoms with Crippen LogP contribution in [-0.2, 0) is 6.42 Å². The maximum atomic E-state index is 6.20. The van der Waals surface area contributed by atoms with Crippen LogP contribution in [0.15, 0.2) is 18.2 Å². The van der Waals surface area contributed by atoms with Gasteiger partial charge in [0, 0.05) is 29.6 Å². The van der Waals surface area contributed by atoms with Gasteiger partial charge in [-0.3, -0.25) is 0 Å². The molecule has 0 saturated carbocycles. The zero-order valence-electron chi connectivity index (χ0n) is 25.6. The van der Waals surface area contributed by atoms with E-state index < -0.39 is 0 Å². The third kappa shape index (κ3) is 7.40. The van der Waals surface area contributed by atoms with Crippen LogP contribution in [0, 0.1) is 16.7 Å². The number of H-pyrrole nitrogens is 1. The van der Waals surface area contributed by atoms with E-state index in [4.69, 9.17) is 10.7 Å². The van der Waals surface area contributed by atoms with Gasteiger partial charge in [-0.05, 0) is 87.4 Å². The van der Waals surface area contributed by atoms with Crippen molar-refractivity contribution in [2.75, 3.05) is 24.1 Å². The van der Waals surface area contributed by atoms with Gasteiger partial charge in [0.25, 0.3) is 0 Å². The van der Waals surface area contributed by atoms with Gasteiger partial charge in [0.1, 0.15) is 22.7 Å². The van der Waals surface area contributed by atoms with Crippen molar-refractivity contribution in [3.63, 3.8) is 0 Å². The Balaban J connectivity index is 1.47. The van der Waals surface area contributed by atoms with E-state index in [9.17, 15) is 0 Å². The fourth-order valence-corrected chi connectivity index (χ4v) is 5.49. The molecule has 0 saturated heterocycles. The summed E-state index contributed by atoms with van der Waals surface area (Å²) in [7, 11) is 0. The summed E-state index contributed by atoms with van der Waals surface area (Å²) >= 11 is 0. The quantitative estimate of drug-likeness (QED) is 0.151. The third-order valence-corrected chi connectivity index (χ3v) is 9.17. The summed E-state index contributed by atoms with van der Waals surface area (Å²) in [5, 5.41) is 8.46. The van der Waals surface area contributed by atoms with E-state index in [0.717, 1.165) is 72.2 Å². The van der Waals surface area contributed by atoms with Gasteiger partial charge < -0.3 is 21.4 Å². The Morgan fingerprint density at radius 1 is 0.947 bits per heavy atom. The average molecular weight is 523 g/mol. The molecule has 38 heavy (non-hydrogen) atoms. The van der Waals surface area contributed by atoms with Crippen LogP contribution >= 0.6 is 0 Å². The van der Waals surface area contributed by atoms with Gasteiger partial charge in [0.2, 0.25) is 0 Å². The largest absolute Gasteiger partial charge is 0.385 e. The molecule has 0 radical (unpaired) electrons. The Kier molecular flexibility index (Phi) is 9.72. The van der Waals surface area contributed by atoms with Crippen LogP contribution in [-0.4, -0.2) is 33.6 Å². The zero-order chi connectivity index (χ0) is 28.1. The van der Waals surface area contributed by atoms with Crippen molar-refractivity contribution < 1.29 is 0 Å². The minimum absolute atomic E-state index is 0.152. The molecule has 0 amide bonds. The number of fused-ring (bicyclic) bond motifs is 3. The van der Waals surface area contributed by atoms with Crippen LogP contribution in [0.1, 0.15) is 107 Å². The minimum atomic E-state index is 0.152. The van der Waals surface area contributed by atoms with Crippen molar-refractivity contribution in [2.45, 2.75) is 113 Å². The van der Waals surface area contributed by atoms with Crippen LogP contribution in [0.5, 0.6) is 0 Å². The molecule has 6 nitrogen and oxygen atoms in total. The summed E-state index contributed by atoms with van der Waals surface area (Å²) in [4.78, 5) is 12.8. The Bertz CT molecular complexity index is 1190. The fraction of sp³-hybridized carbons (Fsp3) is 0.688. The number of aromatic amines is 1. The molecule has 0 aliphatic heterocycles. The van der Waals surface area contributed by atoms with E-state index in [-0.39, 0.29) is 5.54 Å². The number of nitrogens with zero attached hydrogens (tertiary/aromatic N) is 2. The van der Waals surface area contributed by atoms with Crippen LogP contribution in [0.3, 0.4) is 0 Å². The fourth-order valence-electron chi connectivity index (χ4n) is 5.49. The molecule has 0 aliphatic carbocycles. The number of hydrogen-bond acceptors (Lipinski definition) is 5. The van der Waals surface area contributed by atoms with E-state index in [1.165, 1.54) is 19.3 Å². The Morgan fingerprint density at radius 2 is 1.66 bits per heavy atom. The number of aromatic nitrogens is 3. The van der Waals surface area contributed by atoms with Crippen molar-refractivity contribution >= 4 is 33.4 Å². The van der Waals surface area contributed by atoms with Crippen LogP contribution in [0.25, 0.3) is 21.9 Å². The number of nitrogen functional groups attached to an aromatic ring is 1. The van der Waals surface area contributed by atoms with Crippen LogP contribution in [0.4, 0.5) is 11.5 Å². The lowest BCUT2D eigenvalue weighted by Gasteiger charge is -2.44. The van der Waals surface area contributed by atoms with Gasteiger partial charge in [0.15, 0.2) is 0 Å². The van der Waals surface area contributed by atoms with Crippen molar-refractivity contribution in [3.8, 4) is 0 Å². The minimum Gasteiger partial charge on any atom is -0.385 e. The number of nitrogens with two attached hydrogens (primary N) is 1. The van der Waals surface area contributed by atoms with Crippen LogP contribution in [0.2, 0.25) is 0 Å². The van der Waals surface area contributed by atoms with Crippen molar-refractivity contribution in [2.24, 2.45) is 16.7 Å². The molecular weight excluding hydrogens is 468 g/mol. The molecule has 0 fully saturated rings. The molecular formula is C32H54N6. The van der Waals surface area contributed by atoms with E-state index >= 15 is 0 Å². The first kappa shape index (κ1) is 30.2. The summed E-state index contributed by atoms with van der Waals surface area (Å²) in [6.45, 7) is 23.4. The number of unbranched alkanes of at least 4 members (excludes halogenated alkanes) is 1. The lowest BCUT2D eigenvalue weighted by molar-refractivity contribution is 0.0685. The van der Waals surface area contributed by atoms with Gasteiger partial charge in [-0.1, -0.05) is 54.9 Å². The first-order chi connectivity index (χ1) is 17.8. The van der Waals surface area contributed by atoms with Crippen molar-refractivity contribution in [1.82, 2.24) is 20.3 Å². The molecule has 6 heteroatoms. The normalized spacial score (nSPS) is 13.9. The molecule has 5 N–H and O–H groups in total. The smallest absolute Gasteiger partial charge is 0.150 e. The number of benzene rings is 1. The van der Waals surface area contributed by atoms with Gasteiger partial charge in [-0.2, -0.15) is 0 Å². The molecule has 2 heterocycles. The molecule has 1 unspecified atom stereocenters. The molecule has 0 spiro atoms. The number of pyridine rings is 1. The van der Waals surface area contributed by atoms with Gasteiger partial charge >= 0.3 is 0 Å². The lowest BCUT2D eigenvalue weighted by atomic mass is 9.62. The second kappa shape index (κ2) is 12.2. The predicted octanol–water partition coefficient (Wildman–Crippen LogP) is 8.08. The Morgan fingerprint density at radius 3 is 2.34 bits per heavy atom. The molecule has 212 valence electrons. The van der Waals surface area contributed by atoms with Gasteiger partial charge in [0.05, 0.1) is 5.52 Å². The second-order valence-electron chi connectivity index (χ2n) is 13.4. The topological polar surface area (TPSA) is 91.7 Å². The maximum absolute atomic E-state index is 6.20. The number of nitrogens with one attached hydrogen (secondary N) is 3. The van der Waals surface area contributed by atoms with Gasteiger partial charge in [-0.25, -0.2) is 9.97 Å². The van der Waals surface area contributed by atoms with E-state index in [1.54, 1.807) is 0 Å². The van der Waals surface area contributed by atoms with Crippen molar-refractivity contribution in [1.29, 1.82) is 0 Å². The van der Waals surface area contributed by atoms with Gasteiger partial charge in [-0.15, -0.1) is 0 Å². The average Bonchev–Trinajstić information content (AvgIpc) is 3.30. The number of hydrogen-bond donors (Lipinski definition) is 4. The number of imidazole rings is 1. The maximum Gasteiger partial charge on any atom is 0.150 e. The monoisotopic (exact) mass is 522 g/mol. The first-order valence-electron chi connectivity index (χ1n) is 14.9. The first-order valence-corrected chi connectivity index (χ1v) is 14.9. The van der Waals surface area contributed by atoms with E-state index in [0.29, 0.717) is 22.6 Å². The molecule has 0 aliphatic rings. The standard InChI is InChI=1S/C32H54N6/c1-10-14-26-37-27-24-21-23(15-16-25(24)36-29(33)28(27)38-26)34-19-12-13-20-35-32(8,9)18-17-31(6,7)22(3)30(4,5)11-2/h15-16,21-22,34-35H,10-14,17-20H2,1-9H3,(H2,33,36)(H,37,38). The number of anilines is 2. The molecule has 2 aromatic heterocycles. The number of rotatable bonds is 15. The Hall–Kier alpha value is -2.34. The molecule has 1 aromatic carbocycles. The third-order valence-electron chi connectivity index (χ3n) is 9.17. The zero-order valence-corrected chi connectivity index (χ0v) is 25.6. The van der Waals surface area contributed by atoms with E-state index in [2.05, 4.69) is 95.0 Å². The summed E-state index contributed by atoms with van der Waals surface area (Å²) < 4.78 is 0. The molecule has 3 aromatic rings. The summed E-state index contributed by atoms with van der Waals surface area (Å²) in [6.07, 6.45) is 7.88.